The Bertz CT molecular complexity index is 964. The Labute approximate surface area is 164 Å². The van der Waals surface area contributed by atoms with E-state index < -0.39 is 0 Å². The summed E-state index contributed by atoms with van der Waals surface area (Å²) in [5, 5.41) is 0.606. The van der Waals surface area contributed by atoms with Crippen molar-refractivity contribution in [2.75, 3.05) is 7.11 Å². The summed E-state index contributed by atoms with van der Waals surface area (Å²) in [6.45, 7) is 4.40. The fourth-order valence-corrected chi connectivity index (χ4v) is 4.18. The lowest BCUT2D eigenvalue weighted by molar-refractivity contribution is 0.407. The van der Waals surface area contributed by atoms with E-state index >= 15 is 0 Å². The molecule has 6 heteroatoms. The van der Waals surface area contributed by atoms with Gasteiger partial charge in [0.25, 0.3) is 0 Å². The largest absolute Gasteiger partial charge is 0.497 e. The van der Waals surface area contributed by atoms with Crippen molar-refractivity contribution in [3.63, 3.8) is 0 Å². The number of ether oxygens (including phenoxy) is 1. The van der Waals surface area contributed by atoms with Crippen molar-refractivity contribution in [1.82, 2.24) is 19.5 Å². The minimum absolute atomic E-state index is 0.476. The Morgan fingerprint density at radius 3 is 2.70 bits per heavy atom. The highest BCUT2D eigenvalue weighted by molar-refractivity contribution is 6.33. The van der Waals surface area contributed by atoms with E-state index in [1.807, 2.05) is 18.2 Å². The lowest BCUT2D eigenvalue weighted by Gasteiger charge is -2.20. The molecular weight excluding hydrogens is 360 g/mol. The van der Waals surface area contributed by atoms with E-state index in [4.69, 9.17) is 21.3 Å². The number of fused-ring (bicyclic) bond motifs is 1. The third kappa shape index (κ3) is 3.29. The molecule has 0 N–H and O–H groups in total. The molecule has 27 heavy (non-hydrogen) atoms. The maximum atomic E-state index is 6.52. The highest BCUT2D eigenvalue weighted by Crippen LogP contribution is 2.44. The zero-order valence-corrected chi connectivity index (χ0v) is 16.8. The van der Waals surface area contributed by atoms with Crippen LogP contribution in [0, 0.1) is 5.92 Å². The van der Waals surface area contributed by atoms with Gasteiger partial charge in [0.15, 0.2) is 5.65 Å². The summed E-state index contributed by atoms with van der Waals surface area (Å²) in [5.74, 6) is 2.56. The van der Waals surface area contributed by atoms with Gasteiger partial charge < -0.3 is 9.30 Å². The molecule has 0 amide bonds. The summed E-state index contributed by atoms with van der Waals surface area (Å²) in [7, 11) is 1.63. The number of imidazole rings is 1. The van der Waals surface area contributed by atoms with Gasteiger partial charge in [0, 0.05) is 18.0 Å². The smallest absolute Gasteiger partial charge is 0.164 e. The van der Waals surface area contributed by atoms with Gasteiger partial charge >= 0.3 is 0 Å². The summed E-state index contributed by atoms with van der Waals surface area (Å²) < 4.78 is 7.64. The summed E-state index contributed by atoms with van der Waals surface area (Å²) in [5.41, 5.74) is 3.40. The molecule has 0 aliphatic heterocycles. The Morgan fingerprint density at radius 2 is 2.07 bits per heavy atom. The van der Waals surface area contributed by atoms with Crippen molar-refractivity contribution in [3.05, 3.63) is 35.4 Å². The molecule has 142 valence electrons. The predicted molar refractivity (Wildman–Crippen MR) is 108 cm³/mol. The number of hydrogen-bond donors (Lipinski definition) is 0. The fourth-order valence-electron chi connectivity index (χ4n) is 3.92. The molecule has 1 fully saturated rings. The molecule has 1 atom stereocenters. The van der Waals surface area contributed by atoms with Crippen LogP contribution >= 0.6 is 11.6 Å². The quantitative estimate of drug-likeness (QED) is 0.542. The van der Waals surface area contributed by atoms with Crippen molar-refractivity contribution in [2.45, 2.75) is 52.0 Å². The van der Waals surface area contributed by atoms with Crippen LogP contribution in [0.25, 0.3) is 22.4 Å². The number of nitrogens with zero attached hydrogens (tertiary/aromatic N) is 4. The van der Waals surface area contributed by atoms with Crippen LogP contribution in [0.2, 0.25) is 5.02 Å². The molecule has 1 unspecified atom stereocenters. The minimum Gasteiger partial charge on any atom is -0.497 e. The first kappa shape index (κ1) is 18.2. The predicted octanol–water partition coefficient (Wildman–Crippen LogP) is 5.47. The van der Waals surface area contributed by atoms with Gasteiger partial charge in [-0.25, -0.2) is 15.0 Å². The Morgan fingerprint density at radius 1 is 1.26 bits per heavy atom. The van der Waals surface area contributed by atoms with E-state index in [9.17, 15) is 0 Å². The van der Waals surface area contributed by atoms with E-state index in [0.717, 1.165) is 59.2 Å². The maximum Gasteiger partial charge on any atom is 0.164 e. The van der Waals surface area contributed by atoms with Gasteiger partial charge in [-0.1, -0.05) is 31.9 Å². The van der Waals surface area contributed by atoms with Crippen molar-refractivity contribution in [2.24, 2.45) is 5.92 Å². The minimum atomic E-state index is 0.476. The second-order valence-electron chi connectivity index (χ2n) is 7.19. The topological polar surface area (TPSA) is 52.8 Å². The molecular formula is C21H25ClN4O. The van der Waals surface area contributed by atoms with Gasteiger partial charge in [0.1, 0.15) is 29.1 Å². The first-order valence-corrected chi connectivity index (χ1v) is 10.1. The van der Waals surface area contributed by atoms with Gasteiger partial charge in [-0.3, -0.25) is 0 Å². The first-order chi connectivity index (χ1) is 13.2. The Kier molecular flexibility index (Phi) is 5.04. The average molecular weight is 385 g/mol. The first-order valence-electron chi connectivity index (χ1n) is 9.73. The van der Waals surface area contributed by atoms with E-state index in [2.05, 4.69) is 28.4 Å². The van der Waals surface area contributed by atoms with Gasteiger partial charge in [-0.2, -0.15) is 0 Å². The molecule has 5 nitrogen and oxygen atoms in total. The Balaban J connectivity index is 1.89. The molecule has 0 saturated heterocycles. The summed E-state index contributed by atoms with van der Waals surface area (Å²) in [6.07, 6.45) is 7.42. The normalized spacial score (nSPS) is 15.3. The van der Waals surface area contributed by atoms with Crippen molar-refractivity contribution in [1.29, 1.82) is 0 Å². The molecule has 3 aromatic rings. The third-order valence-electron chi connectivity index (χ3n) is 5.38. The molecule has 4 rings (SSSR count). The maximum absolute atomic E-state index is 6.52. The van der Waals surface area contributed by atoms with Crippen LogP contribution in [0.3, 0.4) is 0 Å². The highest BCUT2D eigenvalue weighted by Gasteiger charge is 2.34. The van der Waals surface area contributed by atoms with Crippen LogP contribution in [0.1, 0.15) is 51.4 Å². The molecule has 2 aromatic heterocycles. The molecule has 1 saturated carbocycles. The van der Waals surface area contributed by atoms with Crippen LogP contribution in [-0.2, 0) is 6.42 Å². The van der Waals surface area contributed by atoms with Crippen LogP contribution in [-0.4, -0.2) is 26.6 Å². The zero-order valence-electron chi connectivity index (χ0n) is 16.1. The highest BCUT2D eigenvalue weighted by atomic mass is 35.5. The Hall–Kier alpha value is -2.14. The van der Waals surface area contributed by atoms with E-state index in [1.54, 1.807) is 13.4 Å². The summed E-state index contributed by atoms with van der Waals surface area (Å²) in [6, 6.07) is 6.13. The molecule has 0 bridgehead atoms. The van der Waals surface area contributed by atoms with Gasteiger partial charge in [0.05, 0.1) is 12.1 Å². The average Bonchev–Trinajstić information content (AvgIpc) is 3.46. The SMILES string of the molecule is CCCC(C1CC1)n1c(CC)nc2c(-c3ccc(OC)cc3Cl)ncnc21. The molecule has 1 aliphatic carbocycles. The number of methoxy groups -OCH3 is 1. The standard InChI is InChI=1S/C21H25ClN4O/c1-4-6-17(13-7-8-13)26-18(5-2)25-20-19(23-12-24-21(20)26)15-10-9-14(27-3)11-16(15)22/h9-13,17H,4-8H2,1-3H3. The number of benzene rings is 1. The van der Waals surface area contributed by atoms with E-state index in [-0.39, 0.29) is 0 Å². The molecule has 1 aromatic carbocycles. The second kappa shape index (κ2) is 7.47. The molecule has 0 radical (unpaired) electrons. The second-order valence-corrected chi connectivity index (χ2v) is 7.59. The van der Waals surface area contributed by atoms with Crippen molar-refractivity contribution >= 4 is 22.8 Å². The summed E-state index contributed by atoms with van der Waals surface area (Å²) >= 11 is 6.52. The molecule has 0 spiro atoms. The number of rotatable bonds is 7. The van der Waals surface area contributed by atoms with E-state index in [1.165, 1.54) is 12.8 Å². The molecule has 1 aliphatic rings. The number of halogens is 1. The van der Waals surface area contributed by atoms with E-state index in [0.29, 0.717) is 11.1 Å². The van der Waals surface area contributed by atoms with Crippen LogP contribution in [0.5, 0.6) is 5.75 Å². The molecule has 2 heterocycles. The van der Waals surface area contributed by atoms with Crippen LogP contribution in [0.15, 0.2) is 24.5 Å². The summed E-state index contributed by atoms with van der Waals surface area (Å²) in [4.78, 5) is 14.1. The lowest BCUT2D eigenvalue weighted by Crippen LogP contribution is -2.14. The van der Waals surface area contributed by atoms with Gasteiger partial charge in [-0.05, 0) is 43.4 Å². The van der Waals surface area contributed by atoms with Crippen LogP contribution < -0.4 is 4.74 Å². The zero-order chi connectivity index (χ0) is 19.0. The van der Waals surface area contributed by atoms with Crippen molar-refractivity contribution < 1.29 is 4.74 Å². The van der Waals surface area contributed by atoms with Crippen molar-refractivity contribution in [3.8, 4) is 17.0 Å². The number of aryl methyl sites for hydroxylation is 1. The third-order valence-corrected chi connectivity index (χ3v) is 5.69. The van der Waals surface area contributed by atoms with Gasteiger partial charge in [-0.15, -0.1) is 0 Å². The number of hydrogen-bond acceptors (Lipinski definition) is 4. The fraction of sp³-hybridized carbons (Fsp3) is 0.476. The number of aromatic nitrogens is 4. The monoisotopic (exact) mass is 384 g/mol. The van der Waals surface area contributed by atoms with Gasteiger partial charge in [0.2, 0.25) is 0 Å². The van der Waals surface area contributed by atoms with Crippen LogP contribution in [0.4, 0.5) is 0 Å². The lowest BCUT2D eigenvalue weighted by atomic mass is 10.1.